The van der Waals surface area contributed by atoms with Gasteiger partial charge in [0, 0.05) is 0 Å². The van der Waals surface area contributed by atoms with Gasteiger partial charge in [-0.1, -0.05) is 12.1 Å². The van der Waals surface area contributed by atoms with Crippen molar-refractivity contribution in [3.05, 3.63) is 24.0 Å². The average molecular weight is 229 g/mol. The van der Waals surface area contributed by atoms with E-state index in [1.54, 1.807) is 6.07 Å². The Morgan fingerprint density at radius 2 is 2.27 bits per heavy atom. The van der Waals surface area contributed by atoms with E-state index in [0.29, 0.717) is 5.75 Å². The lowest BCUT2D eigenvalue weighted by atomic mass is 10.3. The summed E-state index contributed by atoms with van der Waals surface area (Å²) in [4.78, 5) is 0. The minimum Gasteiger partial charge on any atom is -0.496 e. The largest absolute Gasteiger partial charge is 0.513 e. The average Bonchev–Trinajstić information content (AvgIpc) is 2.04. The molecule has 0 heterocycles. The summed E-state index contributed by atoms with van der Waals surface area (Å²) >= 11 is 2.85. The Balaban J connectivity index is 3.13. The van der Waals surface area contributed by atoms with Crippen LogP contribution in [0.15, 0.2) is 18.2 Å². The van der Waals surface area contributed by atoms with E-state index in [-0.39, 0.29) is 5.82 Å². The molecule has 0 bridgehead atoms. The molecule has 1 aromatic rings. The van der Waals surface area contributed by atoms with E-state index in [1.807, 2.05) is 6.07 Å². The van der Waals surface area contributed by atoms with Gasteiger partial charge in [-0.05, 0) is 6.07 Å². The Morgan fingerprint density at radius 1 is 1.55 bits per heavy atom. The van der Waals surface area contributed by atoms with Crippen molar-refractivity contribution in [1.82, 2.24) is 0 Å². The Labute approximate surface area is 80.5 Å². The molecule has 0 aliphatic heterocycles. The minimum atomic E-state index is -0.523. The number of methoxy groups -OCH3 is 1. The first kappa shape index (κ1) is 9.29. The highest BCUT2D eigenvalue weighted by Crippen LogP contribution is 2.12. The zero-order valence-corrected chi connectivity index (χ0v) is 9.10. The van der Waals surface area contributed by atoms with Crippen LogP contribution in [-0.4, -0.2) is 25.3 Å². The number of benzene rings is 1. The van der Waals surface area contributed by atoms with Crippen LogP contribution >= 0.6 is 12.9 Å². The van der Waals surface area contributed by atoms with Gasteiger partial charge in [-0.3, -0.25) is 12.9 Å². The summed E-state index contributed by atoms with van der Waals surface area (Å²) in [6.45, 7) is 0. The summed E-state index contributed by atoms with van der Waals surface area (Å²) < 4.78 is 18.8. The highest BCUT2D eigenvalue weighted by molar-refractivity contribution is 9.23. The molecular weight excluding hydrogens is 223 g/mol. The summed E-state index contributed by atoms with van der Waals surface area (Å²) in [5, 5.41) is 0. The third-order valence-electron chi connectivity index (χ3n) is 1.40. The number of halogens is 2. The smallest absolute Gasteiger partial charge is 0.496 e. The molecule has 0 atom stereocenters. The Bertz CT molecular complexity index is 254. The molecule has 0 saturated heterocycles. The van der Waals surface area contributed by atoms with Crippen LogP contribution in [0.5, 0.6) is 5.75 Å². The number of hydrogen-bond acceptors (Lipinski definition) is 1. The molecule has 1 nitrogen and oxygen atoms in total. The fourth-order valence-electron chi connectivity index (χ4n) is 0.887. The van der Waals surface area contributed by atoms with E-state index in [4.69, 9.17) is 4.74 Å². The third kappa shape index (κ3) is 2.07. The van der Waals surface area contributed by atoms with E-state index in [9.17, 15) is 4.39 Å². The Morgan fingerprint density at radius 3 is 2.73 bits per heavy atom. The molecule has 1 aromatic carbocycles. The molecule has 11 heavy (non-hydrogen) atoms. The molecule has 0 N–H and O–H groups in total. The molecule has 0 aliphatic carbocycles. The van der Waals surface area contributed by atoms with Gasteiger partial charge < -0.3 is 4.74 Å². The normalized spacial score (nSPS) is 9.00. The molecule has 0 unspecified atom stereocenters. The number of para-hydroxylation sites is 1. The van der Waals surface area contributed by atoms with Gasteiger partial charge in [0.1, 0.15) is 5.75 Å². The van der Waals surface area contributed by atoms with Crippen molar-refractivity contribution in [3.8, 4) is 5.75 Å². The highest BCUT2D eigenvalue weighted by atomic mass is 79.9. The van der Waals surface area contributed by atoms with Crippen molar-refractivity contribution in [2.75, 3.05) is 7.11 Å². The second kappa shape index (κ2) is 4.28. The van der Waals surface area contributed by atoms with E-state index in [1.165, 1.54) is 13.2 Å². The van der Waals surface area contributed by atoms with Crippen LogP contribution in [0.4, 0.5) is 4.39 Å². The maximum atomic E-state index is 12.9. The topological polar surface area (TPSA) is 9.23 Å². The summed E-state index contributed by atoms with van der Waals surface area (Å²) in [7, 11) is 1.49. The highest BCUT2D eigenvalue weighted by Gasteiger charge is 2.07. The van der Waals surface area contributed by atoms with Gasteiger partial charge in [0.05, 0.1) is 7.11 Å². The van der Waals surface area contributed by atoms with Crippen LogP contribution in [-0.2, 0) is 0 Å². The number of ether oxygens (including phenoxy) is 1. The third-order valence-corrected chi connectivity index (χ3v) is 4.05. The second-order valence-electron chi connectivity index (χ2n) is 2.07. The summed E-state index contributed by atoms with van der Waals surface area (Å²) in [5.41, 5.74) is 0. The lowest BCUT2D eigenvalue weighted by Crippen LogP contribution is -2.13. The zero-order chi connectivity index (χ0) is 8.27. The second-order valence-corrected chi connectivity index (χ2v) is 4.78. The first-order valence-electron chi connectivity index (χ1n) is 3.17. The van der Waals surface area contributed by atoms with Crippen LogP contribution in [0.25, 0.3) is 0 Å². The van der Waals surface area contributed by atoms with Gasteiger partial charge in [-0.25, -0.2) is 4.39 Å². The van der Waals surface area contributed by atoms with Crippen LogP contribution in [0.3, 0.4) is 0 Å². The molecule has 0 aromatic heterocycles. The maximum absolute atomic E-state index is 12.9. The van der Waals surface area contributed by atoms with Crippen LogP contribution < -0.4 is 8.43 Å². The van der Waals surface area contributed by atoms with Crippen molar-refractivity contribution >= 4 is 34.8 Å². The van der Waals surface area contributed by atoms with Crippen molar-refractivity contribution in [2.45, 2.75) is 0 Å². The fourth-order valence-corrected chi connectivity index (χ4v) is 2.87. The summed E-state index contributed by atoms with van der Waals surface area (Å²) in [5.74, 6) is 0.105. The fraction of sp³-hybridized carbons (Fsp3) is 0.143. The summed E-state index contributed by atoms with van der Waals surface area (Å²) in [6.07, 6.45) is 0. The van der Waals surface area contributed by atoms with Gasteiger partial charge >= 0.3 is 18.2 Å². The molecule has 4 heteroatoms. The zero-order valence-electron chi connectivity index (χ0n) is 6.10. The predicted molar refractivity (Wildman–Crippen MR) is 47.3 cm³/mol. The molecule has 0 fully saturated rings. The minimum absolute atomic E-state index is 0.281. The molecule has 0 radical (unpaired) electrons. The first-order chi connectivity index (χ1) is 5.29. The van der Waals surface area contributed by atoms with Gasteiger partial charge in [-0.15, -0.1) is 3.69 Å². The van der Waals surface area contributed by atoms with E-state index >= 15 is 0 Å². The molecule has 0 spiro atoms. The SMILES string of the molecule is COc1c(F)ccc[c]1[Mg][Br]. The maximum Gasteiger partial charge on any atom is 0.513 e. The number of rotatable bonds is 2. The Kier molecular flexibility index (Phi) is 3.61. The van der Waals surface area contributed by atoms with Crippen molar-refractivity contribution in [3.63, 3.8) is 0 Å². The molecule has 0 amide bonds. The molecular formula is C7H6BrFMgO. The van der Waals surface area contributed by atoms with Gasteiger partial charge in [0.25, 0.3) is 0 Å². The lowest BCUT2D eigenvalue weighted by Gasteiger charge is -2.05. The van der Waals surface area contributed by atoms with Crippen LogP contribution in [0, 0.1) is 5.82 Å². The van der Waals surface area contributed by atoms with Gasteiger partial charge in [0.2, 0.25) is 0 Å². The summed E-state index contributed by atoms with van der Waals surface area (Å²) in [6, 6.07) is 4.98. The van der Waals surface area contributed by atoms with Crippen LogP contribution in [0.2, 0.25) is 0 Å². The van der Waals surface area contributed by atoms with Crippen LogP contribution in [0.1, 0.15) is 0 Å². The van der Waals surface area contributed by atoms with Gasteiger partial charge in [0.15, 0.2) is 5.82 Å². The van der Waals surface area contributed by atoms with Crippen molar-refractivity contribution in [2.24, 2.45) is 0 Å². The number of hydrogen-bond donors (Lipinski definition) is 0. The monoisotopic (exact) mass is 228 g/mol. The molecule has 1 rings (SSSR count). The molecule has 56 valence electrons. The van der Waals surface area contributed by atoms with Gasteiger partial charge in [-0.2, -0.15) is 0 Å². The predicted octanol–water partition coefficient (Wildman–Crippen LogP) is 1.47. The van der Waals surface area contributed by atoms with Crippen molar-refractivity contribution in [1.29, 1.82) is 0 Å². The molecule has 0 aliphatic rings. The van der Waals surface area contributed by atoms with E-state index < -0.39 is 18.2 Å². The molecule has 0 saturated carbocycles. The van der Waals surface area contributed by atoms with Crippen molar-refractivity contribution < 1.29 is 9.13 Å². The van der Waals surface area contributed by atoms with E-state index in [2.05, 4.69) is 12.9 Å². The first-order valence-corrected chi connectivity index (χ1v) is 7.77. The standard InChI is InChI=1S/C7H6FO.BrH.Mg/c1-9-7-5-3-2-4-6(7)8;;/h2-4H,1H3;1H;/q;;+1/p-1. The quantitative estimate of drug-likeness (QED) is 0.698. The Hall–Kier alpha value is 0.196. The lowest BCUT2D eigenvalue weighted by molar-refractivity contribution is 0.390. The van der Waals surface area contributed by atoms with E-state index in [0.717, 1.165) is 3.69 Å².